The molecule has 0 bridgehead atoms. The zero-order valence-electron chi connectivity index (χ0n) is 26.4. The van der Waals surface area contributed by atoms with Crippen molar-refractivity contribution in [2.75, 3.05) is 4.90 Å². The summed E-state index contributed by atoms with van der Waals surface area (Å²) in [5, 5.41) is 7.20. The smallest absolute Gasteiger partial charge is 0.159 e. The van der Waals surface area contributed by atoms with Crippen molar-refractivity contribution in [3.63, 3.8) is 0 Å². The summed E-state index contributed by atoms with van der Waals surface area (Å²) in [6.07, 6.45) is 3.86. The van der Waals surface area contributed by atoms with Gasteiger partial charge in [-0.05, 0) is 88.3 Å². The molecule has 0 spiro atoms. The van der Waals surface area contributed by atoms with E-state index in [2.05, 4.69) is 155 Å². The number of furan rings is 1. The number of rotatable bonds is 5. The molecule has 10 aromatic rings. The van der Waals surface area contributed by atoms with E-state index in [4.69, 9.17) is 4.42 Å². The largest absolute Gasteiger partial charge is 0.454 e. The van der Waals surface area contributed by atoms with E-state index in [9.17, 15) is 0 Å². The number of thiophene rings is 1. The molecule has 0 fully saturated rings. The Kier molecular flexibility index (Phi) is 6.36. The second-order valence-electron chi connectivity index (χ2n) is 12.4. The van der Waals surface area contributed by atoms with Gasteiger partial charge in [-0.15, -0.1) is 11.3 Å². The Balaban J connectivity index is 1.10. The summed E-state index contributed by atoms with van der Waals surface area (Å²) in [4.78, 5) is 6.75. The van der Waals surface area contributed by atoms with E-state index in [1.165, 1.54) is 53.2 Å². The Bertz CT molecular complexity index is 2810. The zero-order valence-corrected chi connectivity index (χ0v) is 27.2. The van der Waals surface area contributed by atoms with E-state index >= 15 is 0 Å². The number of pyridine rings is 1. The van der Waals surface area contributed by atoms with Crippen LogP contribution in [0.1, 0.15) is 0 Å². The van der Waals surface area contributed by atoms with E-state index < -0.39 is 0 Å². The first-order valence-corrected chi connectivity index (χ1v) is 17.3. The highest BCUT2D eigenvalue weighted by Crippen LogP contribution is 2.44. The van der Waals surface area contributed by atoms with Crippen LogP contribution in [0.2, 0.25) is 0 Å². The van der Waals surface area contributed by atoms with Crippen LogP contribution < -0.4 is 4.90 Å². The quantitative estimate of drug-likeness (QED) is 0.187. The molecule has 0 N–H and O–H groups in total. The molecule has 10 rings (SSSR count). The van der Waals surface area contributed by atoms with Crippen molar-refractivity contribution in [3.8, 4) is 22.3 Å². The molecule has 0 aliphatic rings. The van der Waals surface area contributed by atoms with E-state index in [0.29, 0.717) is 0 Å². The topological polar surface area (TPSA) is 29.3 Å². The summed E-state index contributed by atoms with van der Waals surface area (Å²) >= 11 is 1.84. The van der Waals surface area contributed by atoms with Crippen LogP contribution in [0.3, 0.4) is 0 Å². The van der Waals surface area contributed by atoms with Crippen molar-refractivity contribution < 1.29 is 4.42 Å². The molecule has 3 heterocycles. The van der Waals surface area contributed by atoms with Gasteiger partial charge in [-0.1, -0.05) is 97.1 Å². The van der Waals surface area contributed by atoms with E-state index in [1.54, 1.807) is 0 Å². The van der Waals surface area contributed by atoms with Crippen LogP contribution >= 0.6 is 11.3 Å². The van der Waals surface area contributed by atoms with Gasteiger partial charge in [0, 0.05) is 60.1 Å². The standard InChI is InChI=1S/C45H28N2OS/c1-2-7-29(8-3-1)30-13-19-34(20-14-30)47(40-11-6-10-37-36-9-4-5-12-41(36)48-45(37)40)35-21-15-31(16-22-35)33-18-23-42-38(27-33)44-39-28-46-26-25-32(39)17-24-43(44)49-42/h1-28H. The molecule has 0 aliphatic carbocycles. The highest BCUT2D eigenvalue weighted by Gasteiger charge is 2.20. The third kappa shape index (κ3) is 4.61. The summed E-state index contributed by atoms with van der Waals surface area (Å²) in [7, 11) is 0. The van der Waals surface area contributed by atoms with Gasteiger partial charge in [-0.25, -0.2) is 0 Å². The Morgan fingerprint density at radius 3 is 1.98 bits per heavy atom. The molecule has 0 amide bonds. The minimum absolute atomic E-state index is 0.872. The van der Waals surface area contributed by atoms with Crippen molar-refractivity contribution in [1.29, 1.82) is 0 Å². The minimum Gasteiger partial charge on any atom is -0.454 e. The van der Waals surface area contributed by atoms with Crippen LogP contribution in [0.15, 0.2) is 175 Å². The maximum atomic E-state index is 6.55. The van der Waals surface area contributed by atoms with E-state index in [-0.39, 0.29) is 0 Å². The van der Waals surface area contributed by atoms with Gasteiger partial charge in [-0.3, -0.25) is 4.98 Å². The predicted octanol–water partition coefficient (Wildman–Crippen LogP) is 13.3. The molecular weight excluding hydrogens is 617 g/mol. The lowest BCUT2D eigenvalue weighted by atomic mass is 10.0. The van der Waals surface area contributed by atoms with Gasteiger partial charge in [0.1, 0.15) is 5.58 Å². The first kappa shape index (κ1) is 27.8. The molecule has 4 heteroatoms. The van der Waals surface area contributed by atoms with E-state index in [1.807, 2.05) is 35.9 Å². The predicted molar refractivity (Wildman–Crippen MR) is 207 cm³/mol. The number of benzene rings is 7. The number of fused-ring (bicyclic) bond motifs is 8. The summed E-state index contributed by atoms with van der Waals surface area (Å²) in [5.41, 5.74) is 9.62. The fourth-order valence-corrected chi connectivity index (χ4v) is 8.29. The van der Waals surface area contributed by atoms with Gasteiger partial charge in [0.2, 0.25) is 0 Å². The third-order valence-electron chi connectivity index (χ3n) is 9.57. The minimum atomic E-state index is 0.872. The molecule has 0 atom stereocenters. The fourth-order valence-electron chi connectivity index (χ4n) is 7.19. The Morgan fingerprint density at radius 2 is 1.16 bits per heavy atom. The van der Waals surface area contributed by atoms with Crippen LogP contribution in [0.25, 0.3) is 75.1 Å². The molecule has 3 aromatic heterocycles. The molecule has 49 heavy (non-hydrogen) atoms. The second kappa shape index (κ2) is 11.2. The number of para-hydroxylation sites is 2. The molecule has 7 aromatic carbocycles. The van der Waals surface area contributed by atoms with Gasteiger partial charge < -0.3 is 9.32 Å². The van der Waals surface area contributed by atoms with Crippen LogP contribution in [0.4, 0.5) is 17.1 Å². The number of nitrogens with zero attached hydrogens (tertiary/aromatic N) is 2. The number of hydrogen-bond acceptors (Lipinski definition) is 4. The summed E-state index contributed by atoms with van der Waals surface area (Å²) in [6, 6.07) is 56.3. The maximum Gasteiger partial charge on any atom is 0.159 e. The lowest BCUT2D eigenvalue weighted by Crippen LogP contribution is -2.10. The van der Waals surface area contributed by atoms with Crippen LogP contribution in [-0.2, 0) is 0 Å². The monoisotopic (exact) mass is 644 g/mol. The lowest BCUT2D eigenvalue weighted by Gasteiger charge is -2.26. The first-order chi connectivity index (χ1) is 24.3. The van der Waals surface area contributed by atoms with E-state index in [0.717, 1.165) is 39.0 Å². The second-order valence-corrected chi connectivity index (χ2v) is 13.5. The van der Waals surface area contributed by atoms with Gasteiger partial charge >= 0.3 is 0 Å². The zero-order chi connectivity index (χ0) is 32.3. The van der Waals surface area contributed by atoms with Gasteiger partial charge in [0.25, 0.3) is 0 Å². The molecule has 0 radical (unpaired) electrons. The molecular formula is C45H28N2OS. The summed E-state index contributed by atoms with van der Waals surface area (Å²) in [5.74, 6) is 0. The van der Waals surface area contributed by atoms with Crippen molar-refractivity contribution in [3.05, 3.63) is 170 Å². The van der Waals surface area contributed by atoms with Crippen molar-refractivity contribution in [2.45, 2.75) is 0 Å². The number of aromatic nitrogens is 1. The van der Waals surface area contributed by atoms with Crippen molar-refractivity contribution >= 4 is 81.3 Å². The number of anilines is 3. The van der Waals surface area contributed by atoms with Crippen LogP contribution in [0.5, 0.6) is 0 Å². The van der Waals surface area contributed by atoms with Crippen LogP contribution in [-0.4, -0.2) is 4.98 Å². The highest BCUT2D eigenvalue weighted by molar-refractivity contribution is 7.26. The molecule has 3 nitrogen and oxygen atoms in total. The SMILES string of the molecule is c1ccc(-c2ccc(N(c3ccc(-c4ccc5sc6ccc7ccncc7c6c5c4)cc3)c3cccc4c3oc3ccccc34)cc2)cc1. The molecule has 0 aliphatic heterocycles. The Hall–Kier alpha value is -6.23. The third-order valence-corrected chi connectivity index (χ3v) is 10.7. The summed E-state index contributed by atoms with van der Waals surface area (Å²) < 4.78 is 9.12. The number of hydrogen-bond donors (Lipinski definition) is 0. The summed E-state index contributed by atoms with van der Waals surface area (Å²) in [6.45, 7) is 0. The highest BCUT2D eigenvalue weighted by atomic mass is 32.1. The fraction of sp³-hybridized carbons (Fsp3) is 0. The molecule has 0 saturated heterocycles. The average Bonchev–Trinajstić information content (AvgIpc) is 3.75. The van der Waals surface area contributed by atoms with Gasteiger partial charge in [0.15, 0.2) is 5.58 Å². The van der Waals surface area contributed by atoms with Gasteiger partial charge in [0.05, 0.1) is 5.69 Å². The Labute approximate surface area is 286 Å². The van der Waals surface area contributed by atoms with Crippen molar-refractivity contribution in [2.24, 2.45) is 0 Å². The first-order valence-electron chi connectivity index (χ1n) is 16.4. The normalized spacial score (nSPS) is 11.7. The van der Waals surface area contributed by atoms with Crippen molar-refractivity contribution in [1.82, 2.24) is 4.98 Å². The molecule has 0 saturated carbocycles. The van der Waals surface area contributed by atoms with Crippen LogP contribution in [0, 0.1) is 0 Å². The molecule has 0 unspecified atom stereocenters. The molecule has 230 valence electrons. The Morgan fingerprint density at radius 1 is 0.490 bits per heavy atom. The van der Waals surface area contributed by atoms with Gasteiger partial charge in [-0.2, -0.15) is 0 Å². The lowest BCUT2D eigenvalue weighted by molar-refractivity contribution is 0.669. The average molecular weight is 645 g/mol. The maximum absolute atomic E-state index is 6.55.